The van der Waals surface area contributed by atoms with Gasteiger partial charge < -0.3 is 5.73 Å². The molecular weight excluding hydrogens is 186 g/mol. The standard InChI is InChI=1S/C13H17NO/c1-3-5-12(14)13(15)9-11-7-4-6-10(2)8-11/h3-4,6-8,12H,1,5,9,14H2,2H3. The molecule has 80 valence electrons. The minimum atomic E-state index is -0.414. The first kappa shape index (κ1) is 11.7. The Hall–Kier alpha value is -1.41. The summed E-state index contributed by atoms with van der Waals surface area (Å²) in [5, 5.41) is 0. The number of hydrogen-bond donors (Lipinski definition) is 1. The molecule has 2 heteroatoms. The van der Waals surface area contributed by atoms with Crippen LogP contribution in [0.1, 0.15) is 17.5 Å². The van der Waals surface area contributed by atoms with Crippen molar-refractivity contribution in [3.8, 4) is 0 Å². The Labute approximate surface area is 90.8 Å². The Morgan fingerprint density at radius 1 is 1.60 bits per heavy atom. The van der Waals surface area contributed by atoms with Crippen molar-refractivity contribution in [1.82, 2.24) is 0 Å². The van der Waals surface area contributed by atoms with E-state index in [-0.39, 0.29) is 5.78 Å². The zero-order valence-corrected chi connectivity index (χ0v) is 9.07. The molecule has 0 aliphatic rings. The van der Waals surface area contributed by atoms with Crippen LogP contribution in [-0.2, 0) is 11.2 Å². The van der Waals surface area contributed by atoms with Gasteiger partial charge in [0.15, 0.2) is 5.78 Å². The van der Waals surface area contributed by atoms with Crippen LogP contribution in [0.5, 0.6) is 0 Å². The Morgan fingerprint density at radius 3 is 2.93 bits per heavy atom. The second kappa shape index (κ2) is 5.47. The number of benzene rings is 1. The van der Waals surface area contributed by atoms with E-state index in [2.05, 4.69) is 6.58 Å². The molecule has 0 amide bonds. The highest BCUT2D eigenvalue weighted by atomic mass is 16.1. The van der Waals surface area contributed by atoms with Gasteiger partial charge >= 0.3 is 0 Å². The fourth-order valence-electron chi connectivity index (χ4n) is 1.47. The van der Waals surface area contributed by atoms with Crippen LogP contribution in [-0.4, -0.2) is 11.8 Å². The first-order chi connectivity index (χ1) is 7.13. The summed E-state index contributed by atoms with van der Waals surface area (Å²) in [6.45, 7) is 5.58. The zero-order valence-electron chi connectivity index (χ0n) is 9.07. The van der Waals surface area contributed by atoms with Gasteiger partial charge in [-0.15, -0.1) is 6.58 Å². The third-order valence-electron chi connectivity index (χ3n) is 2.30. The van der Waals surface area contributed by atoms with Gasteiger partial charge in [-0.2, -0.15) is 0 Å². The van der Waals surface area contributed by atoms with Gasteiger partial charge in [0.05, 0.1) is 6.04 Å². The molecule has 0 fully saturated rings. The minimum Gasteiger partial charge on any atom is -0.321 e. The first-order valence-corrected chi connectivity index (χ1v) is 5.08. The monoisotopic (exact) mass is 203 g/mol. The molecule has 0 saturated heterocycles. The molecule has 0 aliphatic heterocycles. The van der Waals surface area contributed by atoms with E-state index in [4.69, 9.17) is 5.73 Å². The Bertz CT molecular complexity index is 357. The normalized spacial score (nSPS) is 12.1. The second-order valence-electron chi connectivity index (χ2n) is 3.76. The molecule has 0 heterocycles. The summed E-state index contributed by atoms with van der Waals surface area (Å²) in [5.41, 5.74) is 7.88. The van der Waals surface area contributed by atoms with E-state index in [0.717, 1.165) is 11.1 Å². The van der Waals surface area contributed by atoms with E-state index in [1.54, 1.807) is 6.08 Å². The summed E-state index contributed by atoms with van der Waals surface area (Å²) in [4.78, 5) is 11.6. The molecule has 0 aromatic heterocycles. The maximum atomic E-state index is 11.6. The number of aryl methyl sites for hydroxylation is 1. The molecule has 15 heavy (non-hydrogen) atoms. The van der Waals surface area contributed by atoms with Crippen LogP contribution in [0, 0.1) is 6.92 Å². The van der Waals surface area contributed by atoms with Crippen molar-refractivity contribution >= 4 is 5.78 Å². The van der Waals surface area contributed by atoms with Crippen LogP contribution < -0.4 is 5.73 Å². The van der Waals surface area contributed by atoms with Crippen LogP contribution in [0.3, 0.4) is 0 Å². The molecule has 2 N–H and O–H groups in total. The Balaban J connectivity index is 2.62. The smallest absolute Gasteiger partial charge is 0.154 e. The molecule has 0 saturated carbocycles. The fourth-order valence-corrected chi connectivity index (χ4v) is 1.47. The van der Waals surface area contributed by atoms with Gasteiger partial charge in [-0.25, -0.2) is 0 Å². The largest absolute Gasteiger partial charge is 0.321 e. The number of hydrogen-bond acceptors (Lipinski definition) is 2. The molecule has 0 radical (unpaired) electrons. The van der Waals surface area contributed by atoms with Gasteiger partial charge in [-0.1, -0.05) is 35.9 Å². The molecular formula is C13H17NO. The van der Waals surface area contributed by atoms with Gasteiger partial charge in [0.25, 0.3) is 0 Å². The molecule has 2 nitrogen and oxygen atoms in total. The lowest BCUT2D eigenvalue weighted by Crippen LogP contribution is -2.31. The highest BCUT2D eigenvalue weighted by molar-refractivity contribution is 5.86. The lowest BCUT2D eigenvalue weighted by molar-refractivity contribution is -0.119. The molecule has 0 aliphatic carbocycles. The second-order valence-corrected chi connectivity index (χ2v) is 3.76. The van der Waals surface area contributed by atoms with Crippen molar-refractivity contribution < 1.29 is 4.79 Å². The summed E-state index contributed by atoms with van der Waals surface area (Å²) in [5.74, 6) is 0.0699. The van der Waals surface area contributed by atoms with Crippen LogP contribution in [0.25, 0.3) is 0 Å². The summed E-state index contributed by atoms with van der Waals surface area (Å²) < 4.78 is 0. The zero-order chi connectivity index (χ0) is 11.3. The van der Waals surface area contributed by atoms with Gasteiger partial charge in [0, 0.05) is 6.42 Å². The van der Waals surface area contributed by atoms with Crippen molar-refractivity contribution in [2.75, 3.05) is 0 Å². The Kier molecular flexibility index (Phi) is 4.25. The van der Waals surface area contributed by atoms with Crippen LogP contribution in [0.2, 0.25) is 0 Å². The average molecular weight is 203 g/mol. The maximum Gasteiger partial charge on any atom is 0.154 e. The average Bonchev–Trinajstić information content (AvgIpc) is 2.18. The highest BCUT2D eigenvalue weighted by Gasteiger charge is 2.11. The number of Topliss-reactive ketones (excluding diaryl/α,β-unsaturated/α-hetero) is 1. The topological polar surface area (TPSA) is 43.1 Å². The number of ketones is 1. The summed E-state index contributed by atoms with van der Waals surface area (Å²) in [7, 11) is 0. The fraction of sp³-hybridized carbons (Fsp3) is 0.308. The molecule has 0 bridgehead atoms. The quantitative estimate of drug-likeness (QED) is 0.744. The molecule has 0 spiro atoms. The molecule has 1 atom stereocenters. The van der Waals surface area contributed by atoms with Gasteiger partial charge in [0.2, 0.25) is 0 Å². The number of carbonyl (C=O) groups is 1. The van der Waals surface area contributed by atoms with Gasteiger partial charge in [0.1, 0.15) is 0 Å². The molecule has 1 unspecified atom stereocenters. The number of rotatable bonds is 5. The van der Waals surface area contributed by atoms with E-state index in [9.17, 15) is 4.79 Å². The molecule has 1 aromatic carbocycles. The van der Waals surface area contributed by atoms with Crippen molar-refractivity contribution in [2.45, 2.75) is 25.8 Å². The van der Waals surface area contributed by atoms with Crippen LogP contribution >= 0.6 is 0 Å². The van der Waals surface area contributed by atoms with E-state index in [0.29, 0.717) is 12.8 Å². The third kappa shape index (κ3) is 3.68. The van der Waals surface area contributed by atoms with Gasteiger partial charge in [-0.3, -0.25) is 4.79 Å². The van der Waals surface area contributed by atoms with E-state index in [1.165, 1.54) is 0 Å². The molecule has 1 rings (SSSR count). The third-order valence-corrected chi connectivity index (χ3v) is 2.30. The molecule has 1 aromatic rings. The first-order valence-electron chi connectivity index (χ1n) is 5.08. The Morgan fingerprint density at radius 2 is 2.33 bits per heavy atom. The summed E-state index contributed by atoms with van der Waals surface area (Å²) in [6, 6.07) is 7.52. The van der Waals surface area contributed by atoms with Crippen molar-refractivity contribution in [3.63, 3.8) is 0 Å². The van der Waals surface area contributed by atoms with Crippen molar-refractivity contribution in [2.24, 2.45) is 5.73 Å². The lowest BCUT2D eigenvalue weighted by atomic mass is 10.0. The van der Waals surface area contributed by atoms with Crippen molar-refractivity contribution in [1.29, 1.82) is 0 Å². The van der Waals surface area contributed by atoms with E-state index in [1.807, 2.05) is 31.2 Å². The predicted molar refractivity (Wildman–Crippen MR) is 62.7 cm³/mol. The van der Waals surface area contributed by atoms with Crippen molar-refractivity contribution in [3.05, 3.63) is 48.0 Å². The van der Waals surface area contributed by atoms with E-state index >= 15 is 0 Å². The lowest BCUT2D eigenvalue weighted by Gasteiger charge is -2.08. The van der Waals surface area contributed by atoms with Gasteiger partial charge in [-0.05, 0) is 18.9 Å². The van der Waals surface area contributed by atoms with Crippen LogP contribution in [0.15, 0.2) is 36.9 Å². The predicted octanol–water partition coefficient (Wildman–Crippen LogP) is 2.01. The number of carbonyl (C=O) groups excluding carboxylic acids is 1. The SMILES string of the molecule is C=CCC(N)C(=O)Cc1cccc(C)c1. The van der Waals surface area contributed by atoms with Crippen LogP contribution in [0.4, 0.5) is 0 Å². The maximum absolute atomic E-state index is 11.6. The summed E-state index contributed by atoms with van der Waals surface area (Å²) in [6.07, 6.45) is 2.64. The minimum absolute atomic E-state index is 0.0699. The highest BCUT2D eigenvalue weighted by Crippen LogP contribution is 2.06. The number of nitrogens with two attached hydrogens (primary N) is 1. The van der Waals surface area contributed by atoms with E-state index < -0.39 is 6.04 Å². The summed E-state index contributed by atoms with van der Waals surface area (Å²) >= 11 is 0.